The average molecular weight is 536 g/mol. The molecular formula is C30H37N3O6. The van der Waals surface area contributed by atoms with Crippen LogP contribution in [0.15, 0.2) is 91.0 Å². The van der Waals surface area contributed by atoms with E-state index < -0.39 is 41.9 Å². The van der Waals surface area contributed by atoms with Crippen molar-refractivity contribution >= 4 is 12.0 Å². The Kier molecular flexibility index (Phi) is 11.0. The largest absolute Gasteiger partial charge is 0.465 e. The highest BCUT2D eigenvalue weighted by molar-refractivity contribution is 5.86. The van der Waals surface area contributed by atoms with Crippen molar-refractivity contribution in [1.29, 1.82) is 0 Å². The zero-order chi connectivity index (χ0) is 28.3. The van der Waals surface area contributed by atoms with Crippen LogP contribution in [0.25, 0.3) is 0 Å². The van der Waals surface area contributed by atoms with Crippen LogP contribution in [0.3, 0.4) is 0 Å². The summed E-state index contributed by atoms with van der Waals surface area (Å²) >= 11 is 0. The standard InChI is InChI=1S/C30H37N3O6/c1-30(39,23-15-9-4-10-16-23)28(36)32-24(17-21-11-5-2-6-12-21)26(34)19-31-20-27(35)25(33-29(37)38)18-22-13-7-3-8-14-22/h2-16,24-27,31,33-35,39H,17-20H2,1H3,(H,32,36)(H,37,38)/t24?,25-,26?,27?,30?/m0/s1. The first kappa shape index (κ1) is 29.8. The lowest BCUT2D eigenvalue weighted by atomic mass is 9.93. The highest BCUT2D eigenvalue weighted by Crippen LogP contribution is 2.21. The van der Waals surface area contributed by atoms with Gasteiger partial charge in [0.2, 0.25) is 0 Å². The van der Waals surface area contributed by atoms with Crippen molar-refractivity contribution in [3.05, 3.63) is 108 Å². The average Bonchev–Trinajstić information content (AvgIpc) is 2.93. The SMILES string of the molecule is CC(O)(C(=O)NC(Cc1ccccc1)C(O)CNCC(O)[C@H](Cc1ccccc1)NC(=O)O)c1ccccc1. The van der Waals surface area contributed by atoms with E-state index in [-0.39, 0.29) is 13.1 Å². The molecule has 3 rings (SSSR count). The molecule has 0 aromatic heterocycles. The zero-order valence-corrected chi connectivity index (χ0v) is 21.9. The molecule has 9 heteroatoms. The van der Waals surface area contributed by atoms with E-state index in [2.05, 4.69) is 16.0 Å². The molecule has 208 valence electrons. The lowest BCUT2D eigenvalue weighted by molar-refractivity contribution is -0.140. The summed E-state index contributed by atoms with van der Waals surface area (Å²) in [5, 5.41) is 50.1. The van der Waals surface area contributed by atoms with Crippen LogP contribution in [0.4, 0.5) is 4.79 Å². The molecule has 0 aliphatic heterocycles. The molecule has 3 aromatic rings. The number of hydrogen-bond acceptors (Lipinski definition) is 6. The Morgan fingerprint density at radius 1 is 0.718 bits per heavy atom. The summed E-state index contributed by atoms with van der Waals surface area (Å²) in [7, 11) is 0. The molecule has 0 saturated heterocycles. The fourth-order valence-electron chi connectivity index (χ4n) is 4.33. The molecule has 9 nitrogen and oxygen atoms in total. The number of carbonyl (C=O) groups excluding carboxylic acids is 1. The summed E-state index contributed by atoms with van der Waals surface area (Å²) in [6.45, 7) is 1.41. The highest BCUT2D eigenvalue weighted by atomic mass is 16.4. The maximum absolute atomic E-state index is 13.1. The molecule has 7 N–H and O–H groups in total. The van der Waals surface area contributed by atoms with E-state index in [1.54, 1.807) is 30.3 Å². The predicted octanol–water partition coefficient (Wildman–Crippen LogP) is 1.81. The molecular weight excluding hydrogens is 498 g/mol. The van der Waals surface area contributed by atoms with Gasteiger partial charge in [-0.2, -0.15) is 0 Å². The zero-order valence-electron chi connectivity index (χ0n) is 21.9. The number of rotatable bonds is 14. The maximum atomic E-state index is 13.1. The summed E-state index contributed by atoms with van der Waals surface area (Å²) in [6, 6.07) is 25.6. The van der Waals surface area contributed by atoms with Crippen LogP contribution in [0.2, 0.25) is 0 Å². The maximum Gasteiger partial charge on any atom is 0.404 e. The van der Waals surface area contributed by atoms with E-state index in [4.69, 9.17) is 0 Å². The summed E-state index contributed by atoms with van der Waals surface area (Å²) in [4.78, 5) is 24.4. The molecule has 0 fully saturated rings. The molecule has 3 aromatic carbocycles. The van der Waals surface area contributed by atoms with E-state index in [9.17, 15) is 30.0 Å². The lowest BCUT2D eigenvalue weighted by Gasteiger charge is -2.30. The summed E-state index contributed by atoms with van der Waals surface area (Å²) in [5.41, 5.74) is 0.362. The predicted molar refractivity (Wildman–Crippen MR) is 148 cm³/mol. The first-order chi connectivity index (χ1) is 18.7. The van der Waals surface area contributed by atoms with Gasteiger partial charge in [-0.05, 0) is 36.5 Å². The van der Waals surface area contributed by atoms with Gasteiger partial charge in [-0.1, -0.05) is 91.0 Å². The number of carbonyl (C=O) groups is 2. The fourth-order valence-corrected chi connectivity index (χ4v) is 4.33. The minimum Gasteiger partial charge on any atom is -0.465 e. The number of aliphatic hydroxyl groups excluding tert-OH is 2. The van der Waals surface area contributed by atoms with Gasteiger partial charge in [0.05, 0.1) is 24.3 Å². The molecule has 4 unspecified atom stereocenters. The van der Waals surface area contributed by atoms with Crippen molar-refractivity contribution < 1.29 is 30.0 Å². The second kappa shape index (κ2) is 14.4. The molecule has 0 radical (unpaired) electrons. The monoisotopic (exact) mass is 535 g/mol. The Balaban J connectivity index is 1.65. The van der Waals surface area contributed by atoms with Gasteiger partial charge < -0.3 is 36.4 Å². The van der Waals surface area contributed by atoms with Gasteiger partial charge in [-0.15, -0.1) is 0 Å². The van der Waals surface area contributed by atoms with E-state index in [0.29, 0.717) is 18.4 Å². The van der Waals surface area contributed by atoms with Gasteiger partial charge in [0, 0.05) is 13.1 Å². The number of benzene rings is 3. The minimum absolute atomic E-state index is 0.00255. The first-order valence-electron chi connectivity index (χ1n) is 12.9. The van der Waals surface area contributed by atoms with Crippen molar-refractivity contribution in [3.63, 3.8) is 0 Å². The highest BCUT2D eigenvalue weighted by Gasteiger charge is 2.35. The molecule has 0 saturated carbocycles. The topological polar surface area (TPSA) is 151 Å². The Labute approximate surface area is 228 Å². The number of nitrogens with one attached hydrogen (secondary N) is 3. The number of amides is 2. The fraction of sp³-hybridized carbons (Fsp3) is 0.333. The van der Waals surface area contributed by atoms with E-state index in [1.165, 1.54) is 6.92 Å². The van der Waals surface area contributed by atoms with Crippen molar-refractivity contribution in [2.24, 2.45) is 0 Å². The molecule has 5 atom stereocenters. The second-order valence-electron chi connectivity index (χ2n) is 9.75. The van der Waals surface area contributed by atoms with Crippen LogP contribution in [0, 0.1) is 0 Å². The first-order valence-corrected chi connectivity index (χ1v) is 12.9. The van der Waals surface area contributed by atoms with Gasteiger partial charge in [0.15, 0.2) is 5.60 Å². The Morgan fingerprint density at radius 3 is 1.56 bits per heavy atom. The summed E-state index contributed by atoms with van der Waals surface area (Å²) < 4.78 is 0. The Morgan fingerprint density at radius 2 is 1.13 bits per heavy atom. The molecule has 39 heavy (non-hydrogen) atoms. The molecule has 2 amide bonds. The van der Waals surface area contributed by atoms with E-state index in [1.807, 2.05) is 60.7 Å². The third kappa shape index (κ3) is 9.19. The third-order valence-corrected chi connectivity index (χ3v) is 6.64. The summed E-state index contributed by atoms with van der Waals surface area (Å²) in [6.07, 6.45) is -2.80. The minimum atomic E-state index is -1.81. The molecule has 0 aliphatic rings. The van der Waals surface area contributed by atoms with Gasteiger partial charge in [-0.3, -0.25) is 4.79 Å². The van der Waals surface area contributed by atoms with Crippen LogP contribution >= 0.6 is 0 Å². The number of aliphatic hydroxyl groups is 3. The van der Waals surface area contributed by atoms with Crippen molar-refractivity contribution in [2.45, 2.75) is 49.7 Å². The van der Waals surface area contributed by atoms with Crippen molar-refractivity contribution in [2.75, 3.05) is 13.1 Å². The third-order valence-electron chi connectivity index (χ3n) is 6.64. The van der Waals surface area contributed by atoms with Crippen LogP contribution in [0.1, 0.15) is 23.6 Å². The normalized spacial score (nSPS) is 15.8. The van der Waals surface area contributed by atoms with Gasteiger partial charge in [-0.25, -0.2) is 4.79 Å². The van der Waals surface area contributed by atoms with Crippen molar-refractivity contribution in [3.8, 4) is 0 Å². The van der Waals surface area contributed by atoms with E-state index in [0.717, 1.165) is 11.1 Å². The summed E-state index contributed by atoms with van der Waals surface area (Å²) in [5.74, 6) is -0.651. The Hall–Kier alpha value is -3.76. The smallest absolute Gasteiger partial charge is 0.404 e. The van der Waals surface area contributed by atoms with Crippen LogP contribution in [0.5, 0.6) is 0 Å². The quantitative estimate of drug-likeness (QED) is 0.166. The molecule has 0 heterocycles. The van der Waals surface area contributed by atoms with Crippen molar-refractivity contribution in [1.82, 2.24) is 16.0 Å². The second-order valence-corrected chi connectivity index (χ2v) is 9.75. The Bertz CT molecular complexity index is 1160. The van der Waals surface area contributed by atoms with Gasteiger partial charge in [0.1, 0.15) is 0 Å². The van der Waals surface area contributed by atoms with E-state index >= 15 is 0 Å². The van der Waals surface area contributed by atoms with Crippen LogP contribution in [-0.2, 0) is 23.2 Å². The lowest BCUT2D eigenvalue weighted by Crippen LogP contribution is -2.54. The van der Waals surface area contributed by atoms with Crippen LogP contribution < -0.4 is 16.0 Å². The van der Waals surface area contributed by atoms with Crippen LogP contribution in [-0.4, -0.2) is 69.8 Å². The van der Waals surface area contributed by atoms with Gasteiger partial charge >= 0.3 is 6.09 Å². The molecule has 0 aliphatic carbocycles. The number of hydrogen-bond donors (Lipinski definition) is 7. The van der Waals surface area contributed by atoms with Gasteiger partial charge in [0.25, 0.3) is 5.91 Å². The number of carboxylic acid groups (broad SMARTS) is 1. The molecule has 0 spiro atoms. The molecule has 0 bridgehead atoms.